The van der Waals surface area contributed by atoms with E-state index in [1.54, 1.807) is 0 Å². The molecule has 5 heteroatoms. The van der Waals surface area contributed by atoms with Gasteiger partial charge < -0.3 is 9.80 Å². The van der Waals surface area contributed by atoms with E-state index in [0.29, 0.717) is 12.0 Å². The number of hydrogen-bond donors (Lipinski definition) is 0. The van der Waals surface area contributed by atoms with Gasteiger partial charge in [0.05, 0.1) is 6.20 Å². The molecule has 0 bridgehead atoms. The van der Waals surface area contributed by atoms with Crippen molar-refractivity contribution in [3.63, 3.8) is 0 Å². The quantitative estimate of drug-likeness (QED) is 0.857. The van der Waals surface area contributed by atoms with E-state index in [1.807, 2.05) is 16.8 Å². The lowest BCUT2D eigenvalue weighted by Gasteiger charge is -2.23. The highest BCUT2D eigenvalue weighted by Crippen LogP contribution is 2.25. The first-order chi connectivity index (χ1) is 9.56. The molecule has 1 atom stereocenters. The predicted molar refractivity (Wildman–Crippen MR) is 81.4 cm³/mol. The molecule has 20 heavy (non-hydrogen) atoms. The van der Waals surface area contributed by atoms with Crippen LogP contribution in [0.15, 0.2) is 18.3 Å². The smallest absolute Gasteiger partial charge is 0.157 e. The summed E-state index contributed by atoms with van der Waals surface area (Å²) in [7, 11) is 4.31. The molecule has 0 amide bonds. The van der Waals surface area contributed by atoms with Crippen LogP contribution >= 0.6 is 0 Å². The molecule has 1 aliphatic heterocycles. The van der Waals surface area contributed by atoms with E-state index >= 15 is 0 Å². The fraction of sp³-hybridized carbons (Fsp3) is 0.600. The van der Waals surface area contributed by atoms with Gasteiger partial charge in [0.15, 0.2) is 5.65 Å². The third-order valence-electron chi connectivity index (χ3n) is 4.17. The van der Waals surface area contributed by atoms with Gasteiger partial charge in [-0.25, -0.2) is 4.98 Å². The maximum atomic E-state index is 4.68. The number of nitrogens with zero attached hydrogens (tertiary/aromatic N) is 5. The zero-order chi connectivity index (χ0) is 14.3. The van der Waals surface area contributed by atoms with E-state index in [9.17, 15) is 0 Å². The minimum absolute atomic E-state index is 0.431. The van der Waals surface area contributed by atoms with E-state index in [0.717, 1.165) is 24.4 Å². The van der Waals surface area contributed by atoms with Gasteiger partial charge in [-0.2, -0.15) is 9.61 Å². The molecule has 108 valence electrons. The summed E-state index contributed by atoms with van der Waals surface area (Å²) in [5, 5.41) is 4.43. The van der Waals surface area contributed by atoms with Crippen LogP contribution in [0.25, 0.3) is 5.65 Å². The third kappa shape index (κ3) is 2.26. The Morgan fingerprint density at radius 1 is 1.35 bits per heavy atom. The van der Waals surface area contributed by atoms with E-state index in [1.165, 1.54) is 12.2 Å². The van der Waals surface area contributed by atoms with Crippen molar-refractivity contribution in [1.29, 1.82) is 0 Å². The maximum absolute atomic E-state index is 4.68. The summed E-state index contributed by atoms with van der Waals surface area (Å²) >= 11 is 0. The Kier molecular flexibility index (Phi) is 3.38. The highest BCUT2D eigenvalue weighted by molar-refractivity contribution is 5.52. The number of likely N-dealkylation sites (N-methyl/N-ethyl adjacent to an activating group) is 1. The van der Waals surface area contributed by atoms with Crippen LogP contribution in [-0.2, 0) is 0 Å². The van der Waals surface area contributed by atoms with Crippen LogP contribution in [0.3, 0.4) is 0 Å². The van der Waals surface area contributed by atoms with Crippen molar-refractivity contribution in [3.05, 3.63) is 24.0 Å². The Hall–Kier alpha value is -1.62. The fourth-order valence-corrected chi connectivity index (χ4v) is 2.81. The molecule has 3 heterocycles. The van der Waals surface area contributed by atoms with Crippen LogP contribution in [0, 0.1) is 0 Å². The number of anilines is 1. The maximum Gasteiger partial charge on any atom is 0.157 e. The minimum Gasteiger partial charge on any atom is -0.355 e. The summed E-state index contributed by atoms with van der Waals surface area (Å²) in [4.78, 5) is 9.42. The summed E-state index contributed by atoms with van der Waals surface area (Å²) in [5.41, 5.74) is 2.08. The predicted octanol–water partition coefficient (Wildman–Crippen LogP) is 1.99. The average Bonchev–Trinajstić information content (AvgIpc) is 3.06. The highest BCUT2D eigenvalue weighted by Gasteiger charge is 2.26. The SMILES string of the molecule is CC(C)c1cc(N2CCC(N(C)C)C2)n2nccc2n1. The first-order valence-corrected chi connectivity index (χ1v) is 7.32. The molecule has 2 aromatic rings. The molecular weight excluding hydrogens is 250 g/mol. The van der Waals surface area contributed by atoms with Gasteiger partial charge in [-0.05, 0) is 26.4 Å². The molecule has 0 aliphatic carbocycles. The standard InChI is InChI=1S/C15H23N5/c1-11(2)13-9-15(20-14(17-13)5-7-16-20)19-8-6-12(10-19)18(3)4/h5,7,9,11-12H,6,8,10H2,1-4H3. The van der Waals surface area contributed by atoms with E-state index < -0.39 is 0 Å². The van der Waals surface area contributed by atoms with Gasteiger partial charge in [-0.1, -0.05) is 13.8 Å². The van der Waals surface area contributed by atoms with Gasteiger partial charge in [0.2, 0.25) is 0 Å². The molecule has 2 aromatic heterocycles. The summed E-state index contributed by atoms with van der Waals surface area (Å²) in [6, 6.07) is 4.80. The fourth-order valence-electron chi connectivity index (χ4n) is 2.81. The molecular formula is C15H23N5. The second-order valence-corrected chi connectivity index (χ2v) is 6.15. The first-order valence-electron chi connectivity index (χ1n) is 7.32. The van der Waals surface area contributed by atoms with Crippen LogP contribution < -0.4 is 4.90 Å². The van der Waals surface area contributed by atoms with Crippen molar-refractivity contribution in [2.24, 2.45) is 0 Å². The molecule has 1 aliphatic rings. The normalized spacial score (nSPS) is 19.7. The Morgan fingerprint density at radius 2 is 2.15 bits per heavy atom. The average molecular weight is 273 g/mol. The van der Waals surface area contributed by atoms with Crippen LogP contribution in [0.1, 0.15) is 31.9 Å². The topological polar surface area (TPSA) is 36.7 Å². The minimum atomic E-state index is 0.431. The lowest BCUT2D eigenvalue weighted by molar-refractivity contribution is 0.315. The van der Waals surface area contributed by atoms with Crippen molar-refractivity contribution >= 4 is 11.5 Å². The zero-order valence-electron chi connectivity index (χ0n) is 12.7. The monoisotopic (exact) mass is 273 g/mol. The Labute approximate surface area is 120 Å². The Balaban J connectivity index is 2.00. The van der Waals surface area contributed by atoms with Gasteiger partial charge in [0, 0.05) is 37.0 Å². The second kappa shape index (κ2) is 5.05. The molecule has 1 unspecified atom stereocenters. The summed E-state index contributed by atoms with van der Waals surface area (Å²) in [6.45, 7) is 6.51. The lowest BCUT2D eigenvalue weighted by Crippen LogP contribution is -2.32. The summed E-state index contributed by atoms with van der Waals surface area (Å²) in [5.74, 6) is 1.61. The van der Waals surface area contributed by atoms with Crippen LogP contribution in [-0.4, -0.2) is 52.7 Å². The lowest BCUT2D eigenvalue weighted by atomic mass is 10.1. The van der Waals surface area contributed by atoms with Gasteiger partial charge >= 0.3 is 0 Å². The molecule has 0 spiro atoms. The van der Waals surface area contributed by atoms with Crippen LogP contribution in [0.2, 0.25) is 0 Å². The van der Waals surface area contributed by atoms with E-state index in [4.69, 9.17) is 0 Å². The second-order valence-electron chi connectivity index (χ2n) is 6.15. The van der Waals surface area contributed by atoms with Crippen molar-refractivity contribution in [1.82, 2.24) is 19.5 Å². The van der Waals surface area contributed by atoms with Crippen molar-refractivity contribution in [2.45, 2.75) is 32.2 Å². The van der Waals surface area contributed by atoms with Crippen molar-refractivity contribution in [3.8, 4) is 0 Å². The molecule has 0 radical (unpaired) electrons. The van der Waals surface area contributed by atoms with Crippen LogP contribution in [0.4, 0.5) is 5.82 Å². The largest absolute Gasteiger partial charge is 0.355 e. The van der Waals surface area contributed by atoms with Gasteiger partial charge in [-0.15, -0.1) is 0 Å². The first kappa shape index (κ1) is 13.4. The molecule has 3 rings (SSSR count). The molecule has 0 aromatic carbocycles. The van der Waals surface area contributed by atoms with Gasteiger partial charge in [0.1, 0.15) is 5.82 Å². The third-order valence-corrected chi connectivity index (χ3v) is 4.17. The number of hydrogen-bond acceptors (Lipinski definition) is 4. The Morgan fingerprint density at radius 3 is 2.80 bits per heavy atom. The summed E-state index contributed by atoms with van der Waals surface area (Å²) in [6.07, 6.45) is 3.03. The van der Waals surface area contributed by atoms with Crippen molar-refractivity contribution < 1.29 is 0 Å². The van der Waals surface area contributed by atoms with Gasteiger partial charge in [-0.3, -0.25) is 0 Å². The van der Waals surface area contributed by atoms with Gasteiger partial charge in [0.25, 0.3) is 0 Å². The summed E-state index contributed by atoms with van der Waals surface area (Å²) < 4.78 is 1.96. The number of rotatable bonds is 3. The molecule has 1 fully saturated rings. The Bertz CT molecular complexity index is 601. The van der Waals surface area contributed by atoms with E-state index in [-0.39, 0.29) is 0 Å². The molecule has 5 nitrogen and oxygen atoms in total. The van der Waals surface area contributed by atoms with Crippen LogP contribution in [0.5, 0.6) is 0 Å². The zero-order valence-corrected chi connectivity index (χ0v) is 12.7. The highest BCUT2D eigenvalue weighted by atomic mass is 15.4. The molecule has 1 saturated heterocycles. The number of fused-ring (bicyclic) bond motifs is 1. The van der Waals surface area contributed by atoms with E-state index in [2.05, 4.69) is 53.9 Å². The number of aromatic nitrogens is 3. The van der Waals surface area contributed by atoms with Crippen molar-refractivity contribution in [2.75, 3.05) is 32.1 Å². The molecule has 0 saturated carbocycles. The molecule has 0 N–H and O–H groups in total.